The summed E-state index contributed by atoms with van der Waals surface area (Å²) in [4.78, 5) is 29.5. The minimum absolute atomic E-state index is 0.0103. The monoisotopic (exact) mass is 455 g/mol. The van der Waals surface area contributed by atoms with Crippen molar-refractivity contribution in [3.63, 3.8) is 0 Å². The first-order valence-electron chi connectivity index (χ1n) is 8.10. The van der Waals surface area contributed by atoms with Crippen molar-refractivity contribution in [3.8, 4) is 17.7 Å². The Kier molecular flexibility index (Phi) is 7.09. The van der Waals surface area contributed by atoms with Crippen molar-refractivity contribution in [2.75, 3.05) is 24.7 Å². The number of hydrogen-bond donors (Lipinski definition) is 1. The van der Waals surface area contributed by atoms with Gasteiger partial charge >= 0.3 is 17.5 Å². The normalized spacial score (nSPS) is 10.7. The number of carbonyl (C=O) groups excluding carboxylic acids is 1. The van der Waals surface area contributed by atoms with E-state index in [1.165, 1.54) is 18.2 Å². The van der Waals surface area contributed by atoms with E-state index in [1.807, 2.05) is 6.07 Å². The molecule has 12 nitrogen and oxygen atoms in total. The molecule has 14 heteroatoms. The Morgan fingerprint density at radius 2 is 2.10 bits per heavy atom. The summed E-state index contributed by atoms with van der Waals surface area (Å²) in [7, 11) is -4.02. The van der Waals surface area contributed by atoms with Gasteiger partial charge in [-0.25, -0.2) is 8.42 Å². The first kappa shape index (κ1) is 22.8. The second-order valence-electron chi connectivity index (χ2n) is 5.56. The molecule has 1 aromatic carbocycles. The summed E-state index contributed by atoms with van der Waals surface area (Å²) < 4.78 is 34.0. The minimum Gasteiger partial charge on any atom is -0.465 e. The summed E-state index contributed by atoms with van der Waals surface area (Å²) >= 11 is 6.00. The molecule has 0 spiro atoms. The third-order valence-electron chi connectivity index (χ3n) is 3.32. The van der Waals surface area contributed by atoms with Gasteiger partial charge in [-0.2, -0.15) is 15.2 Å². The van der Waals surface area contributed by atoms with E-state index in [0.29, 0.717) is 0 Å². The minimum atomic E-state index is -4.02. The molecule has 0 atom stereocenters. The second kappa shape index (κ2) is 9.33. The summed E-state index contributed by atoms with van der Waals surface area (Å²) in [5.74, 6) is -2.25. The number of hydrogen-bond acceptors (Lipinski definition) is 11. The molecule has 0 aliphatic carbocycles. The number of nitriles is 1. The third kappa shape index (κ3) is 5.52. The van der Waals surface area contributed by atoms with Crippen molar-refractivity contribution < 1.29 is 27.6 Å². The highest BCUT2D eigenvalue weighted by atomic mass is 35.5. The van der Waals surface area contributed by atoms with E-state index in [-0.39, 0.29) is 22.9 Å². The largest absolute Gasteiger partial charge is 0.465 e. The number of carbonyl (C=O) groups is 1. The highest BCUT2D eigenvalue weighted by molar-refractivity contribution is 7.90. The van der Waals surface area contributed by atoms with Crippen molar-refractivity contribution in [3.05, 3.63) is 38.9 Å². The van der Waals surface area contributed by atoms with Crippen molar-refractivity contribution >= 4 is 38.9 Å². The zero-order valence-electron chi connectivity index (χ0n) is 15.6. The number of halogens is 1. The van der Waals surface area contributed by atoms with Gasteiger partial charge in [0.05, 0.1) is 28.2 Å². The van der Waals surface area contributed by atoms with Gasteiger partial charge in [-0.3, -0.25) is 14.9 Å². The number of nitro groups is 1. The highest BCUT2D eigenvalue weighted by Crippen LogP contribution is 2.38. The lowest BCUT2D eigenvalue weighted by atomic mass is 10.2. The van der Waals surface area contributed by atoms with E-state index in [9.17, 15) is 23.3 Å². The zero-order valence-corrected chi connectivity index (χ0v) is 17.2. The Labute approximate surface area is 175 Å². The van der Waals surface area contributed by atoms with E-state index < -0.39 is 49.8 Å². The van der Waals surface area contributed by atoms with Crippen LogP contribution in [0.3, 0.4) is 0 Å². The Morgan fingerprint density at radius 1 is 1.40 bits per heavy atom. The number of sulfone groups is 1. The van der Waals surface area contributed by atoms with Crippen molar-refractivity contribution in [2.24, 2.45) is 0 Å². The van der Waals surface area contributed by atoms with Crippen LogP contribution in [0.1, 0.15) is 12.5 Å². The second-order valence-corrected chi connectivity index (χ2v) is 7.87. The molecule has 158 valence electrons. The van der Waals surface area contributed by atoms with Crippen LogP contribution in [-0.2, 0) is 19.4 Å². The average Bonchev–Trinajstić information content (AvgIpc) is 2.67. The molecule has 1 heterocycles. The van der Waals surface area contributed by atoms with Crippen LogP contribution in [0, 0.1) is 21.4 Å². The molecule has 0 bridgehead atoms. The lowest BCUT2D eigenvalue weighted by Crippen LogP contribution is -2.19. The summed E-state index contributed by atoms with van der Waals surface area (Å²) in [6, 6.07) is 5.75. The fourth-order valence-electron chi connectivity index (χ4n) is 2.06. The van der Waals surface area contributed by atoms with Gasteiger partial charge in [-0.15, -0.1) is 0 Å². The van der Waals surface area contributed by atoms with Crippen LogP contribution in [0.2, 0.25) is 5.02 Å². The van der Waals surface area contributed by atoms with Gasteiger partial charge in [0, 0.05) is 12.3 Å². The van der Waals surface area contributed by atoms with Crippen LogP contribution in [0.15, 0.2) is 23.4 Å². The van der Waals surface area contributed by atoms with Crippen LogP contribution in [0.5, 0.6) is 11.6 Å². The number of aromatic nitrogens is 2. The molecule has 0 unspecified atom stereocenters. The number of rotatable bonds is 8. The number of nitrogens with zero attached hydrogens (tertiary/aromatic N) is 4. The molecule has 0 amide bonds. The molecule has 0 aliphatic heterocycles. The predicted molar refractivity (Wildman–Crippen MR) is 103 cm³/mol. The van der Waals surface area contributed by atoms with Crippen molar-refractivity contribution in [1.29, 1.82) is 5.26 Å². The van der Waals surface area contributed by atoms with E-state index in [4.69, 9.17) is 26.3 Å². The molecule has 0 saturated carbocycles. The topological polar surface area (TPSA) is 174 Å². The number of benzene rings is 1. The summed E-state index contributed by atoms with van der Waals surface area (Å²) in [6.07, 6.45) is 0.788. The van der Waals surface area contributed by atoms with E-state index in [1.54, 1.807) is 6.92 Å². The molecular formula is C16H14ClN5O7S. The van der Waals surface area contributed by atoms with Crippen molar-refractivity contribution in [1.82, 2.24) is 9.97 Å². The average molecular weight is 456 g/mol. The van der Waals surface area contributed by atoms with E-state index in [0.717, 1.165) is 6.26 Å². The van der Waals surface area contributed by atoms with Gasteiger partial charge in [0.25, 0.3) is 5.16 Å². The van der Waals surface area contributed by atoms with Gasteiger partial charge in [0.15, 0.2) is 0 Å². The highest BCUT2D eigenvalue weighted by Gasteiger charge is 2.30. The van der Waals surface area contributed by atoms with Gasteiger partial charge < -0.3 is 14.8 Å². The lowest BCUT2D eigenvalue weighted by molar-refractivity contribution is -0.385. The van der Waals surface area contributed by atoms with Crippen LogP contribution >= 0.6 is 11.6 Å². The molecule has 2 rings (SSSR count). The van der Waals surface area contributed by atoms with Crippen LogP contribution in [0.25, 0.3) is 0 Å². The Bertz CT molecular complexity index is 1150. The van der Waals surface area contributed by atoms with Gasteiger partial charge in [0.1, 0.15) is 12.3 Å². The number of anilines is 1. The van der Waals surface area contributed by atoms with Crippen LogP contribution < -0.4 is 10.1 Å². The maximum atomic E-state index is 11.9. The molecule has 0 saturated heterocycles. The lowest BCUT2D eigenvalue weighted by Gasteiger charge is -2.12. The molecule has 2 aromatic rings. The standard InChI is InChI=1S/C16H14ClN5O7S/c1-3-28-12(23)8-19-14-13(22(24)25)15(21-16(20-14)30(2,26)27)29-11-6-9(7-18)4-5-10(11)17/h4-6H,3,8H2,1-2H3,(H,19,20,21). The van der Waals surface area contributed by atoms with E-state index >= 15 is 0 Å². The molecule has 0 fully saturated rings. The molecule has 0 radical (unpaired) electrons. The summed E-state index contributed by atoms with van der Waals surface area (Å²) in [6.45, 7) is 1.11. The predicted octanol–water partition coefficient (Wildman–Crippen LogP) is 2.08. The first-order valence-corrected chi connectivity index (χ1v) is 10.4. The van der Waals surface area contributed by atoms with Crippen molar-refractivity contribution in [2.45, 2.75) is 12.1 Å². The van der Waals surface area contributed by atoms with Gasteiger partial charge in [-0.05, 0) is 19.1 Å². The summed E-state index contributed by atoms with van der Waals surface area (Å²) in [5, 5.41) is 22.2. The van der Waals surface area contributed by atoms with Gasteiger partial charge in [0.2, 0.25) is 15.7 Å². The molecule has 30 heavy (non-hydrogen) atoms. The summed E-state index contributed by atoms with van der Waals surface area (Å²) in [5.41, 5.74) is -0.708. The Balaban J connectivity index is 2.62. The van der Waals surface area contributed by atoms with Crippen LogP contribution in [-0.4, -0.2) is 48.7 Å². The molecular weight excluding hydrogens is 442 g/mol. The fraction of sp³-hybridized carbons (Fsp3) is 0.250. The Morgan fingerprint density at radius 3 is 2.67 bits per heavy atom. The fourth-order valence-corrected chi connectivity index (χ4v) is 2.72. The maximum absolute atomic E-state index is 11.9. The molecule has 1 aromatic heterocycles. The number of esters is 1. The SMILES string of the molecule is CCOC(=O)CNc1nc(S(C)(=O)=O)nc(Oc2cc(C#N)ccc2Cl)c1[N+](=O)[O-]. The molecule has 0 aliphatic rings. The Hall–Kier alpha value is -3.50. The first-order chi connectivity index (χ1) is 14.1. The van der Waals surface area contributed by atoms with Gasteiger partial charge in [-0.1, -0.05) is 11.6 Å². The van der Waals surface area contributed by atoms with E-state index in [2.05, 4.69) is 15.3 Å². The number of nitrogens with one attached hydrogen (secondary N) is 1. The maximum Gasteiger partial charge on any atom is 0.373 e. The third-order valence-corrected chi connectivity index (χ3v) is 4.48. The zero-order chi connectivity index (χ0) is 22.5. The quantitative estimate of drug-likeness (QED) is 0.267. The molecule has 1 N–H and O–H groups in total. The van der Waals surface area contributed by atoms with Crippen LogP contribution in [0.4, 0.5) is 11.5 Å². The smallest absolute Gasteiger partial charge is 0.373 e. The number of ether oxygens (including phenoxy) is 2.